The molecular formula is C6H19AlLiNO2S. The van der Waals surface area contributed by atoms with Gasteiger partial charge in [-0.3, -0.25) is 0 Å². The Morgan fingerprint density at radius 3 is 2.33 bits per heavy atom. The van der Waals surface area contributed by atoms with E-state index in [1.807, 2.05) is 6.26 Å². The number of thioether (sulfide) groups is 1. The number of likely N-dealkylation sites (N-methyl/N-ethyl adjacent to an activating group) is 1. The van der Waals surface area contributed by atoms with E-state index in [-0.39, 0.29) is 50.3 Å². The molecule has 2 atom stereocenters. The van der Waals surface area contributed by atoms with Gasteiger partial charge in [-0.2, -0.15) is 11.8 Å². The van der Waals surface area contributed by atoms with Crippen LogP contribution in [0.1, 0.15) is 1.43 Å². The van der Waals surface area contributed by atoms with E-state index in [4.69, 9.17) is 5.11 Å². The third-order valence-corrected chi connectivity index (χ3v) is 2.04. The van der Waals surface area contributed by atoms with E-state index in [1.54, 1.807) is 18.8 Å². The summed E-state index contributed by atoms with van der Waals surface area (Å²) in [5.41, 5.74) is 0. The molecule has 0 unspecified atom stereocenters. The minimum atomic E-state index is -0.454. The molecule has 0 heterocycles. The van der Waals surface area contributed by atoms with Crippen LogP contribution in [0.25, 0.3) is 0 Å². The maximum absolute atomic E-state index is 9.27. The smallest absolute Gasteiger partial charge is 1.00 e. The van der Waals surface area contributed by atoms with Gasteiger partial charge in [-0.25, -0.2) is 0 Å². The summed E-state index contributed by atoms with van der Waals surface area (Å²) in [7, 11) is 1.73. The first-order chi connectivity index (χ1) is 4.76. The zero-order valence-electron chi connectivity index (χ0n) is 8.37. The fraction of sp³-hybridized carbons (Fsp3) is 1.00. The van der Waals surface area contributed by atoms with Crippen molar-refractivity contribution >= 4 is 29.1 Å². The standard InChI is InChI=1S/C6H15NO2S.Al.Li.4H/c1-7-5(3-8)6(9)4-10-2;;;;;;/h5-9H,3-4H2,1-2H3;;;;;;/q;;+1;;;;-1/t5-,6-;;;;;;/m1....../s1. The molecule has 0 saturated carbocycles. The molecule has 0 radical (unpaired) electrons. The second-order valence-corrected chi connectivity index (χ2v) is 3.01. The average Bonchev–Trinajstić information content (AvgIpc) is 1.91. The van der Waals surface area contributed by atoms with Crippen molar-refractivity contribution in [2.24, 2.45) is 0 Å². The molecule has 0 saturated heterocycles. The fourth-order valence-corrected chi connectivity index (χ4v) is 1.27. The van der Waals surface area contributed by atoms with Crippen LogP contribution in [-0.2, 0) is 0 Å². The number of nitrogens with one attached hydrogen (secondary N) is 1. The van der Waals surface area contributed by atoms with Crippen molar-refractivity contribution in [2.45, 2.75) is 12.1 Å². The van der Waals surface area contributed by atoms with E-state index >= 15 is 0 Å². The number of aliphatic hydroxyl groups is 2. The number of hydrogen-bond acceptors (Lipinski definition) is 4. The first-order valence-electron chi connectivity index (χ1n) is 3.21. The second kappa shape index (κ2) is 12.4. The van der Waals surface area contributed by atoms with Crippen LogP contribution < -0.4 is 24.2 Å². The molecule has 0 aliphatic rings. The van der Waals surface area contributed by atoms with E-state index in [0.717, 1.165) is 0 Å². The largest absolute Gasteiger partial charge is 1.00 e. The molecule has 0 aromatic heterocycles. The van der Waals surface area contributed by atoms with Gasteiger partial charge in [-0.05, 0) is 13.3 Å². The van der Waals surface area contributed by atoms with Crippen LogP contribution in [-0.4, -0.2) is 65.4 Å². The van der Waals surface area contributed by atoms with Crippen LogP contribution in [0, 0.1) is 0 Å². The van der Waals surface area contributed by atoms with Crippen LogP contribution in [0.15, 0.2) is 0 Å². The van der Waals surface area contributed by atoms with Crippen molar-refractivity contribution in [3.63, 3.8) is 0 Å². The van der Waals surface area contributed by atoms with Crippen LogP contribution in [0.4, 0.5) is 0 Å². The van der Waals surface area contributed by atoms with E-state index in [0.29, 0.717) is 5.75 Å². The molecule has 12 heavy (non-hydrogen) atoms. The van der Waals surface area contributed by atoms with Gasteiger partial charge in [0.25, 0.3) is 0 Å². The molecule has 0 rings (SSSR count). The van der Waals surface area contributed by atoms with Gasteiger partial charge in [0, 0.05) is 5.75 Å². The van der Waals surface area contributed by atoms with E-state index in [2.05, 4.69) is 5.32 Å². The topological polar surface area (TPSA) is 52.5 Å². The van der Waals surface area contributed by atoms with Crippen molar-refractivity contribution < 1.29 is 30.5 Å². The summed E-state index contributed by atoms with van der Waals surface area (Å²) in [4.78, 5) is 0. The molecule has 3 N–H and O–H groups in total. The molecule has 0 bridgehead atoms. The molecule has 0 aromatic carbocycles. The molecule has 0 aliphatic carbocycles. The van der Waals surface area contributed by atoms with Crippen molar-refractivity contribution in [1.29, 1.82) is 0 Å². The summed E-state index contributed by atoms with van der Waals surface area (Å²) in [6.45, 7) is -0.0156. The Labute approximate surface area is 102 Å². The quantitative estimate of drug-likeness (QED) is 0.393. The number of rotatable bonds is 5. The van der Waals surface area contributed by atoms with Gasteiger partial charge in [-0.15, -0.1) is 0 Å². The van der Waals surface area contributed by atoms with Gasteiger partial charge in [-0.1, -0.05) is 0 Å². The molecule has 0 spiro atoms. The maximum Gasteiger partial charge on any atom is 1.00 e. The number of aliphatic hydroxyl groups excluding tert-OH is 2. The minimum Gasteiger partial charge on any atom is -1.00 e. The second-order valence-electron chi connectivity index (χ2n) is 2.10. The summed E-state index contributed by atoms with van der Waals surface area (Å²) < 4.78 is 0. The van der Waals surface area contributed by atoms with Gasteiger partial charge < -0.3 is 17.0 Å². The van der Waals surface area contributed by atoms with Crippen LogP contribution >= 0.6 is 11.8 Å². The van der Waals surface area contributed by atoms with Crippen molar-refractivity contribution in [3.8, 4) is 0 Å². The number of hydrogen-bond donors (Lipinski definition) is 3. The van der Waals surface area contributed by atoms with Gasteiger partial charge in [0.15, 0.2) is 17.4 Å². The van der Waals surface area contributed by atoms with Gasteiger partial charge in [0.2, 0.25) is 0 Å². The zero-order valence-corrected chi connectivity index (χ0v) is 8.19. The van der Waals surface area contributed by atoms with Crippen LogP contribution in [0.5, 0.6) is 0 Å². The molecule has 3 nitrogen and oxygen atoms in total. The maximum atomic E-state index is 9.27. The van der Waals surface area contributed by atoms with Crippen molar-refractivity contribution in [1.82, 2.24) is 5.32 Å². The molecule has 70 valence electrons. The molecule has 0 fully saturated rings. The third-order valence-electron chi connectivity index (χ3n) is 1.37. The Kier molecular flexibility index (Phi) is 19.6. The zero-order chi connectivity index (χ0) is 7.98. The third kappa shape index (κ3) is 7.98. The first-order valence-corrected chi connectivity index (χ1v) is 4.60. The van der Waals surface area contributed by atoms with Crippen LogP contribution in [0.2, 0.25) is 0 Å². The van der Waals surface area contributed by atoms with E-state index < -0.39 is 6.10 Å². The Hall–Kier alpha value is 1.36. The van der Waals surface area contributed by atoms with Gasteiger partial charge in [0.1, 0.15) is 0 Å². The Morgan fingerprint density at radius 1 is 1.58 bits per heavy atom. The monoisotopic (exact) mass is 203 g/mol. The van der Waals surface area contributed by atoms with E-state index in [9.17, 15) is 5.11 Å². The van der Waals surface area contributed by atoms with Crippen molar-refractivity contribution in [3.05, 3.63) is 0 Å². The average molecular weight is 203 g/mol. The van der Waals surface area contributed by atoms with Gasteiger partial charge in [0.05, 0.1) is 18.8 Å². The Balaban J connectivity index is -0.000000135. The fourth-order valence-electron chi connectivity index (χ4n) is 0.692. The van der Waals surface area contributed by atoms with Gasteiger partial charge >= 0.3 is 18.9 Å². The molecule has 0 aliphatic heterocycles. The molecule has 6 heteroatoms. The summed E-state index contributed by atoms with van der Waals surface area (Å²) in [6, 6.07) is -0.188. The predicted molar refractivity (Wildman–Crippen MR) is 55.4 cm³/mol. The predicted octanol–water partition coefficient (Wildman–Crippen LogP) is -4.78. The Morgan fingerprint density at radius 2 is 2.08 bits per heavy atom. The minimum absolute atomic E-state index is 0. The van der Waals surface area contributed by atoms with E-state index in [1.165, 1.54) is 0 Å². The first kappa shape index (κ1) is 19.0. The molecular weight excluding hydrogens is 184 g/mol. The molecule has 0 amide bonds. The summed E-state index contributed by atoms with van der Waals surface area (Å²) in [6.07, 6.45) is 1.47. The van der Waals surface area contributed by atoms with Crippen LogP contribution in [0.3, 0.4) is 0 Å². The van der Waals surface area contributed by atoms with Crippen molar-refractivity contribution in [2.75, 3.05) is 25.7 Å². The summed E-state index contributed by atoms with van der Waals surface area (Å²) in [5, 5.41) is 20.8. The SMILES string of the molecule is CN[C@H](CO)[C@H](O)CSC.[AlH3].[H-].[Li+]. The molecule has 0 aromatic rings. The summed E-state index contributed by atoms with van der Waals surface area (Å²) in [5.74, 6) is 0.659. The summed E-state index contributed by atoms with van der Waals surface area (Å²) >= 11 is 1.57. The normalized spacial score (nSPS) is 14.0. The Bertz CT molecular complexity index is 93.0.